The summed E-state index contributed by atoms with van der Waals surface area (Å²) >= 11 is 0. The van der Waals surface area contributed by atoms with Crippen LogP contribution < -0.4 is 4.74 Å². The van der Waals surface area contributed by atoms with Gasteiger partial charge in [0, 0.05) is 30.1 Å². The molecule has 0 aliphatic carbocycles. The van der Waals surface area contributed by atoms with Crippen molar-refractivity contribution in [2.24, 2.45) is 0 Å². The summed E-state index contributed by atoms with van der Waals surface area (Å²) in [5, 5.41) is 4.65. The molecule has 3 aromatic rings. The second kappa shape index (κ2) is 7.05. The lowest BCUT2D eigenvalue weighted by Crippen LogP contribution is -2.12. The monoisotopic (exact) mass is 337 g/mol. The molecule has 0 N–H and O–H groups in total. The number of esters is 1. The molecule has 0 aromatic carbocycles. The third-order valence-corrected chi connectivity index (χ3v) is 4.19. The van der Waals surface area contributed by atoms with Gasteiger partial charge in [-0.1, -0.05) is 13.8 Å². The molecule has 0 amide bonds. The van der Waals surface area contributed by atoms with E-state index in [0.717, 1.165) is 40.7 Å². The summed E-state index contributed by atoms with van der Waals surface area (Å²) in [5.41, 5.74) is 5.58. The largest absolute Gasteiger partial charge is 0.424 e. The van der Waals surface area contributed by atoms with Gasteiger partial charge in [-0.05, 0) is 50.5 Å². The van der Waals surface area contributed by atoms with Gasteiger partial charge in [0.25, 0.3) is 0 Å². The highest BCUT2D eigenvalue weighted by Gasteiger charge is 2.20. The lowest BCUT2D eigenvalue weighted by molar-refractivity contribution is -0.134. The molecule has 0 aliphatic heterocycles. The van der Waals surface area contributed by atoms with E-state index in [0.29, 0.717) is 17.9 Å². The molecule has 0 spiro atoms. The fourth-order valence-electron chi connectivity index (χ4n) is 3.00. The second-order valence-electron chi connectivity index (χ2n) is 6.24. The molecule has 0 radical (unpaired) electrons. The van der Waals surface area contributed by atoms with Gasteiger partial charge >= 0.3 is 5.97 Å². The van der Waals surface area contributed by atoms with Crippen LogP contribution in [-0.2, 0) is 11.2 Å². The van der Waals surface area contributed by atoms with Crippen LogP contribution in [0.2, 0.25) is 0 Å². The molecule has 0 bridgehead atoms. The molecule has 0 saturated carbocycles. The smallest absolute Gasteiger partial charge is 0.311 e. The highest BCUT2D eigenvalue weighted by Crippen LogP contribution is 2.37. The van der Waals surface area contributed by atoms with Crippen LogP contribution in [-0.4, -0.2) is 20.6 Å². The molecule has 0 fully saturated rings. The maximum Gasteiger partial charge on any atom is 0.311 e. The van der Waals surface area contributed by atoms with Gasteiger partial charge < -0.3 is 4.74 Å². The maximum atomic E-state index is 12.1. The first kappa shape index (κ1) is 17.1. The molecule has 3 aromatic heterocycles. The predicted molar refractivity (Wildman–Crippen MR) is 97.8 cm³/mol. The van der Waals surface area contributed by atoms with Crippen molar-refractivity contribution in [1.29, 1.82) is 0 Å². The Balaban J connectivity index is 2.28. The Labute approximate surface area is 147 Å². The molecule has 0 unspecified atom stereocenters. The van der Waals surface area contributed by atoms with Crippen LogP contribution in [0.1, 0.15) is 43.6 Å². The lowest BCUT2D eigenvalue weighted by atomic mass is 10.0. The Morgan fingerprint density at radius 3 is 2.68 bits per heavy atom. The van der Waals surface area contributed by atoms with Gasteiger partial charge in [-0.15, -0.1) is 0 Å². The number of aromatic nitrogens is 3. The number of ether oxygens (including phenoxy) is 1. The summed E-state index contributed by atoms with van der Waals surface area (Å²) in [5.74, 6) is 0.292. The van der Waals surface area contributed by atoms with Crippen LogP contribution in [0.3, 0.4) is 0 Å². The van der Waals surface area contributed by atoms with Gasteiger partial charge in [0.1, 0.15) is 5.69 Å². The van der Waals surface area contributed by atoms with Crippen molar-refractivity contribution in [3.8, 4) is 16.9 Å². The van der Waals surface area contributed by atoms with Gasteiger partial charge in [-0.25, -0.2) is 4.52 Å². The number of hydrogen-bond donors (Lipinski definition) is 0. The Bertz CT molecular complexity index is 928. The first-order valence-electron chi connectivity index (χ1n) is 8.69. The van der Waals surface area contributed by atoms with Crippen LogP contribution in [0.15, 0.2) is 30.6 Å². The first-order valence-corrected chi connectivity index (χ1v) is 8.69. The lowest BCUT2D eigenvalue weighted by Gasteiger charge is -2.15. The van der Waals surface area contributed by atoms with Crippen molar-refractivity contribution >= 4 is 11.5 Å². The molecule has 25 heavy (non-hydrogen) atoms. The molecule has 5 nitrogen and oxygen atoms in total. The quantitative estimate of drug-likeness (QED) is 0.652. The molecule has 0 saturated heterocycles. The molecule has 130 valence electrons. The van der Waals surface area contributed by atoms with E-state index in [2.05, 4.69) is 29.1 Å². The second-order valence-corrected chi connectivity index (χ2v) is 6.24. The Morgan fingerprint density at radius 2 is 2.00 bits per heavy atom. The summed E-state index contributed by atoms with van der Waals surface area (Å²) in [6.07, 6.45) is 5.63. The van der Waals surface area contributed by atoms with E-state index in [1.54, 1.807) is 6.20 Å². The highest BCUT2D eigenvalue weighted by molar-refractivity contribution is 5.88. The highest BCUT2D eigenvalue weighted by atomic mass is 16.5. The minimum Gasteiger partial charge on any atom is -0.424 e. The minimum atomic E-state index is -0.235. The molecule has 3 rings (SSSR count). The fraction of sp³-hybridized carbons (Fsp3) is 0.350. The summed E-state index contributed by atoms with van der Waals surface area (Å²) in [6.45, 7) is 7.93. The van der Waals surface area contributed by atoms with Crippen molar-refractivity contribution in [2.45, 2.75) is 47.0 Å². The zero-order chi connectivity index (χ0) is 18.0. The summed E-state index contributed by atoms with van der Waals surface area (Å²) in [7, 11) is 0. The number of carbonyl (C=O) groups excluding carboxylic acids is 1. The fourth-order valence-corrected chi connectivity index (χ4v) is 3.00. The zero-order valence-electron chi connectivity index (χ0n) is 15.2. The molecular formula is C20H23N3O2. The van der Waals surface area contributed by atoms with Crippen LogP contribution in [0.25, 0.3) is 16.6 Å². The number of carbonyl (C=O) groups is 1. The van der Waals surface area contributed by atoms with Gasteiger partial charge in [0.05, 0.1) is 11.1 Å². The number of rotatable bonds is 5. The van der Waals surface area contributed by atoms with E-state index in [1.165, 1.54) is 0 Å². The summed E-state index contributed by atoms with van der Waals surface area (Å²) < 4.78 is 7.65. The average Bonchev–Trinajstić information content (AvgIpc) is 2.98. The Morgan fingerprint density at radius 1 is 1.20 bits per heavy atom. The van der Waals surface area contributed by atoms with Crippen molar-refractivity contribution < 1.29 is 9.53 Å². The third kappa shape index (κ3) is 3.27. The zero-order valence-corrected chi connectivity index (χ0v) is 15.2. The van der Waals surface area contributed by atoms with Gasteiger partial charge in [-0.2, -0.15) is 5.10 Å². The van der Waals surface area contributed by atoms with Gasteiger partial charge in [0.2, 0.25) is 0 Å². The van der Waals surface area contributed by atoms with E-state index < -0.39 is 0 Å². The SMILES string of the molecule is CCCC(=O)Oc1c(C)nn2c(CC)ccc2c1-c1cncc(C)c1. The van der Waals surface area contributed by atoms with E-state index in [4.69, 9.17) is 4.74 Å². The average molecular weight is 337 g/mol. The molecule has 0 atom stereocenters. The van der Waals surface area contributed by atoms with Crippen molar-refractivity contribution in [1.82, 2.24) is 14.6 Å². The summed E-state index contributed by atoms with van der Waals surface area (Å²) in [4.78, 5) is 16.5. The number of aryl methyl sites for hydroxylation is 3. The van der Waals surface area contributed by atoms with Crippen LogP contribution in [0.4, 0.5) is 0 Å². The van der Waals surface area contributed by atoms with E-state index in [-0.39, 0.29) is 5.97 Å². The van der Waals surface area contributed by atoms with Crippen LogP contribution >= 0.6 is 0 Å². The van der Waals surface area contributed by atoms with Gasteiger partial charge in [-0.3, -0.25) is 9.78 Å². The Hall–Kier alpha value is -2.69. The number of hydrogen-bond acceptors (Lipinski definition) is 4. The molecule has 5 heteroatoms. The Kier molecular flexibility index (Phi) is 4.83. The molecule has 0 aliphatic rings. The topological polar surface area (TPSA) is 56.5 Å². The third-order valence-electron chi connectivity index (χ3n) is 4.19. The number of fused-ring (bicyclic) bond motifs is 1. The normalized spacial score (nSPS) is 11.0. The molecular weight excluding hydrogens is 314 g/mol. The predicted octanol–water partition coefficient (Wildman–Crippen LogP) is 4.28. The van der Waals surface area contributed by atoms with E-state index >= 15 is 0 Å². The van der Waals surface area contributed by atoms with Crippen molar-refractivity contribution in [2.75, 3.05) is 0 Å². The van der Waals surface area contributed by atoms with Crippen LogP contribution in [0.5, 0.6) is 5.75 Å². The van der Waals surface area contributed by atoms with Crippen molar-refractivity contribution in [3.63, 3.8) is 0 Å². The standard InChI is InChI=1S/C20H23N3O2/c1-5-7-18(24)25-20-14(4)22-23-16(6-2)8-9-17(23)19(20)15-10-13(3)11-21-12-15/h8-12H,5-7H2,1-4H3. The number of nitrogens with zero attached hydrogens (tertiary/aromatic N) is 3. The van der Waals surface area contributed by atoms with E-state index in [1.807, 2.05) is 37.5 Å². The van der Waals surface area contributed by atoms with Crippen LogP contribution in [0, 0.1) is 13.8 Å². The minimum absolute atomic E-state index is 0.235. The van der Waals surface area contributed by atoms with Gasteiger partial charge in [0.15, 0.2) is 5.75 Å². The van der Waals surface area contributed by atoms with E-state index in [9.17, 15) is 4.79 Å². The number of pyridine rings is 1. The maximum absolute atomic E-state index is 12.1. The van der Waals surface area contributed by atoms with Crippen molar-refractivity contribution in [3.05, 3.63) is 47.5 Å². The summed E-state index contributed by atoms with van der Waals surface area (Å²) in [6, 6.07) is 6.14. The first-order chi connectivity index (χ1) is 12.0. The molecule has 3 heterocycles.